The van der Waals surface area contributed by atoms with Gasteiger partial charge in [0.05, 0.1) is 13.7 Å². The molecule has 1 saturated heterocycles. The van der Waals surface area contributed by atoms with Gasteiger partial charge in [-0.05, 0) is 51.1 Å². The molecule has 0 saturated carbocycles. The summed E-state index contributed by atoms with van der Waals surface area (Å²) in [6.45, 7) is 5.78. The van der Waals surface area contributed by atoms with Gasteiger partial charge in [0.25, 0.3) is 0 Å². The Morgan fingerprint density at radius 1 is 1.30 bits per heavy atom. The van der Waals surface area contributed by atoms with Crippen LogP contribution in [0.25, 0.3) is 0 Å². The number of hydrogen-bond acceptors (Lipinski definition) is 3. The molecule has 0 amide bonds. The average Bonchev–Trinajstić information content (AvgIpc) is 2.96. The van der Waals surface area contributed by atoms with E-state index < -0.39 is 0 Å². The Bertz CT molecular complexity index is 478. The Balaban J connectivity index is 0.00000264. The number of aliphatic imine (C=N–C) groups is 1. The van der Waals surface area contributed by atoms with Crippen molar-refractivity contribution < 1.29 is 4.74 Å². The maximum absolute atomic E-state index is 5.17. The first kappa shape index (κ1) is 20.0. The molecule has 0 bridgehead atoms. The highest BCUT2D eigenvalue weighted by molar-refractivity contribution is 14.0. The summed E-state index contributed by atoms with van der Waals surface area (Å²) in [7, 11) is 3.88. The summed E-state index contributed by atoms with van der Waals surface area (Å²) < 4.78 is 5.17. The van der Waals surface area contributed by atoms with Crippen molar-refractivity contribution in [2.75, 3.05) is 33.8 Å². The second-order valence-electron chi connectivity index (χ2n) is 5.70. The van der Waals surface area contributed by atoms with Crippen LogP contribution in [0.2, 0.25) is 0 Å². The van der Waals surface area contributed by atoms with Gasteiger partial charge in [0.2, 0.25) is 0 Å². The molecular formula is C17H29IN4O. The van der Waals surface area contributed by atoms with E-state index in [1.54, 1.807) is 7.11 Å². The van der Waals surface area contributed by atoms with Crippen molar-refractivity contribution in [2.24, 2.45) is 4.99 Å². The number of methoxy groups -OCH3 is 1. The fourth-order valence-corrected chi connectivity index (χ4v) is 2.69. The summed E-state index contributed by atoms with van der Waals surface area (Å²) in [5.74, 6) is 1.76. The lowest BCUT2D eigenvalue weighted by Crippen LogP contribution is -2.44. The first-order valence-corrected chi connectivity index (χ1v) is 8.08. The minimum atomic E-state index is 0. The third-order valence-electron chi connectivity index (χ3n) is 4.10. The maximum atomic E-state index is 5.17. The van der Waals surface area contributed by atoms with Gasteiger partial charge in [0.15, 0.2) is 5.96 Å². The van der Waals surface area contributed by atoms with Crippen LogP contribution in [-0.2, 0) is 6.54 Å². The average molecular weight is 432 g/mol. The lowest BCUT2D eigenvalue weighted by atomic mass is 10.2. The summed E-state index contributed by atoms with van der Waals surface area (Å²) in [4.78, 5) is 7.08. The monoisotopic (exact) mass is 432 g/mol. The number of ether oxygens (including phenoxy) is 1. The van der Waals surface area contributed by atoms with Gasteiger partial charge in [-0.2, -0.15) is 0 Å². The van der Waals surface area contributed by atoms with Gasteiger partial charge in [0.1, 0.15) is 5.75 Å². The molecule has 130 valence electrons. The van der Waals surface area contributed by atoms with Gasteiger partial charge >= 0.3 is 0 Å². The second-order valence-corrected chi connectivity index (χ2v) is 5.70. The van der Waals surface area contributed by atoms with Gasteiger partial charge in [-0.3, -0.25) is 0 Å². The highest BCUT2D eigenvalue weighted by Crippen LogP contribution is 2.14. The van der Waals surface area contributed by atoms with E-state index in [1.807, 2.05) is 12.1 Å². The molecule has 6 heteroatoms. The summed E-state index contributed by atoms with van der Waals surface area (Å²) in [5.41, 5.74) is 1.18. The van der Waals surface area contributed by atoms with Crippen molar-refractivity contribution in [3.63, 3.8) is 0 Å². The van der Waals surface area contributed by atoms with Crippen LogP contribution in [-0.4, -0.2) is 50.7 Å². The fraction of sp³-hybridized carbons (Fsp3) is 0.588. The van der Waals surface area contributed by atoms with E-state index in [4.69, 9.17) is 4.74 Å². The number of nitrogens with one attached hydrogen (secondary N) is 2. The fourth-order valence-electron chi connectivity index (χ4n) is 2.69. The smallest absolute Gasteiger partial charge is 0.191 e. The predicted molar refractivity (Wildman–Crippen MR) is 107 cm³/mol. The Labute approximate surface area is 156 Å². The number of rotatable bonds is 6. The summed E-state index contributed by atoms with van der Waals surface area (Å²) in [6.07, 6.45) is 2.56. The highest BCUT2D eigenvalue weighted by atomic mass is 127. The van der Waals surface area contributed by atoms with E-state index in [-0.39, 0.29) is 24.0 Å². The molecule has 1 aliphatic rings. The molecule has 0 aromatic heterocycles. The Kier molecular flexibility index (Phi) is 9.31. The Hall–Kier alpha value is -1.02. The van der Waals surface area contributed by atoms with E-state index in [2.05, 4.69) is 46.6 Å². The third kappa shape index (κ3) is 6.55. The number of benzene rings is 1. The van der Waals surface area contributed by atoms with Crippen molar-refractivity contribution in [3.8, 4) is 5.75 Å². The van der Waals surface area contributed by atoms with E-state index >= 15 is 0 Å². The van der Waals surface area contributed by atoms with Crippen molar-refractivity contribution in [1.29, 1.82) is 0 Å². The molecule has 1 fully saturated rings. The lowest BCUT2D eigenvalue weighted by molar-refractivity contribution is 0.309. The minimum absolute atomic E-state index is 0. The van der Waals surface area contributed by atoms with E-state index in [0.717, 1.165) is 24.8 Å². The summed E-state index contributed by atoms with van der Waals surface area (Å²) >= 11 is 0. The molecular weight excluding hydrogens is 403 g/mol. The van der Waals surface area contributed by atoms with Crippen molar-refractivity contribution in [3.05, 3.63) is 29.8 Å². The van der Waals surface area contributed by atoms with Crippen LogP contribution < -0.4 is 15.4 Å². The molecule has 5 nitrogen and oxygen atoms in total. The van der Waals surface area contributed by atoms with Gasteiger partial charge in [-0.1, -0.05) is 12.1 Å². The molecule has 1 aliphatic heterocycles. The molecule has 0 radical (unpaired) electrons. The standard InChI is InChI=1S/C17H28N4O.HI/c1-4-18-17(20-13-15-6-5-11-21(15)2)19-12-14-7-9-16(22-3)10-8-14;/h7-10,15H,4-6,11-13H2,1-3H3,(H2,18,19,20);1H. The summed E-state index contributed by atoms with van der Waals surface area (Å²) in [5, 5.41) is 6.77. The van der Waals surface area contributed by atoms with Crippen LogP contribution in [0.5, 0.6) is 5.75 Å². The van der Waals surface area contributed by atoms with E-state index in [0.29, 0.717) is 12.6 Å². The first-order chi connectivity index (χ1) is 10.7. The van der Waals surface area contributed by atoms with E-state index in [1.165, 1.54) is 24.9 Å². The SMILES string of the molecule is CCNC(=NCc1ccc(OC)cc1)NCC1CCCN1C.I. The number of halogens is 1. The Morgan fingerprint density at radius 2 is 2.04 bits per heavy atom. The molecule has 0 spiro atoms. The molecule has 1 aromatic carbocycles. The van der Waals surface area contributed by atoms with Crippen LogP contribution in [0.15, 0.2) is 29.3 Å². The number of likely N-dealkylation sites (N-methyl/N-ethyl adjacent to an activating group) is 1. The zero-order valence-electron chi connectivity index (χ0n) is 14.3. The van der Waals surface area contributed by atoms with Gasteiger partial charge in [0, 0.05) is 19.1 Å². The molecule has 1 atom stereocenters. The minimum Gasteiger partial charge on any atom is -0.497 e. The molecule has 23 heavy (non-hydrogen) atoms. The topological polar surface area (TPSA) is 48.9 Å². The third-order valence-corrected chi connectivity index (χ3v) is 4.10. The zero-order valence-corrected chi connectivity index (χ0v) is 16.7. The van der Waals surface area contributed by atoms with Gasteiger partial charge in [-0.25, -0.2) is 4.99 Å². The molecule has 1 unspecified atom stereocenters. The summed E-state index contributed by atoms with van der Waals surface area (Å²) in [6, 6.07) is 8.66. The number of hydrogen-bond donors (Lipinski definition) is 2. The molecule has 0 aliphatic carbocycles. The normalized spacial score (nSPS) is 18.4. The van der Waals surface area contributed by atoms with Gasteiger partial charge < -0.3 is 20.3 Å². The highest BCUT2D eigenvalue weighted by Gasteiger charge is 2.20. The molecule has 2 rings (SSSR count). The van der Waals surface area contributed by atoms with Crippen molar-refractivity contribution >= 4 is 29.9 Å². The number of nitrogens with zero attached hydrogens (tertiary/aromatic N) is 2. The van der Waals surface area contributed by atoms with Crippen molar-refractivity contribution in [2.45, 2.75) is 32.4 Å². The zero-order chi connectivity index (χ0) is 15.8. The largest absolute Gasteiger partial charge is 0.497 e. The van der Waals surface area contributed by atoms with Gasteiger partial charge in [-0.15, -0.1) is 24.0 Å². The number of guanidine groups is 1. The maximum Gasteiger partial charge on any atom is 0.191 e. The second kappa shape index (κ2) is 10.7. The first-order valence-electron chi connectivity index (χ1n) is 8.08. The lowest BCUT2D eigenvalue weighted by Gasteiger charge is -2.21. The van der Waals surface area contributed by atoms with Crippen LogP contribution >= 0.6 is 24.0 Å². The van der Waals surface area contributed by atoms with Crippen molar-refractivity contribution in [1.82, 2.24) is 15.5 Å². The predicted octanol–water partition coefficient (Wildman–Crippen LogP) is 2.46. The quantitative estimate of drug-likeness (QED) is 0.412. The van der Waals surface area contributed by atoms with Crippen LogP contribution in [0.1, 0.15) is 25.3 Å². The number of likely N-dealkylation sites (tertiary alicyclic amines) is 1. The molecule has 1 aromatic rings. The van der Waals surface area contributed by atoms with Crippen LogP contribution in [0.3, 0.4) is 0 Å². The molecule has 1 heterocycles. The van der Waals surface area contributed by atoms with Crippen LogP contribution in [0.4, 0.5) is 0 Å². The van der Waals surface area contributed by atoms with E-state index in [9.17, 15) is 0 Å². The van der Waals surface area contributed by atoms with Crippen LogP contribution in [0, 0.1) is 0 Å². The molecule has 2 N–H and O–H groups in total. The Morgan fingerprint density at radius 3 is 2.61 bits per heavy atom.